The lowest BCUT2D eigenvalue weighted by atomic mass is 9.37. The van der Waals surface area contributed by atoms with Crippen LogP contribution < -0.4 is 30.6 Å². The molecule has 3 nitrogen and oxygen atoms in total. The Morgan fingerprint density at radius 2 is 0.255 bits per heavy atom. The van der Waals surface area contributed by atoms with Crippen molar-refractivity contribution in [3.05, 3.63) is 639 Å². The van der Waals surface area contributed by atoms with Crippen molar-refractivity contribution < 1.29 is 0 Å². The summed E-state index contributed by atoms with van der Waals surface area (Å²) in [5.41, 5.74) is 44.0. The maximum Gasteiger partial charge on any atom is 0.388 e. The van der Waals surface area contributed by atoms with Crippen molar-refractivity contribution in [2.24, 2.45) is 0 Å². The summed E-state index contributed by atoms with van der Waals surface area (Å²) in [6.07, 6.45) is 8.23. The number of benzene rings is 22. The number of rotatable bonds is 16. The molecule has 22 aromatic carbocycles. The molecule has 0 amide bonds. The molecule has 1 heterocycles. The lowest BCUT2D eigenvalue weighted by Crippen LogP contribution is -2.86. The van der Waals surface area contributed by atoms with E-state index in [0.29, 0.717) is 0 Å². The predicted molar refractivity (Wildman–Crippen MR) is 620 cm³/mol. The molecule has 0 saturated carbocycles. The molecule has 692 valence electrons. The number of hydrogen-bond acceptors (Lipinski definition) is 3. The third-order valence-electron chi connectivity index (χ3n) is 28.3. The van der Waals surface area contributed by atoms with E-state index >= 15 is 0 Å². The molecule has 3 aliphatic rings. The Morgan fingerprint density at radius 3 is 0.441 bits per heavy atom. The van der Waals surface area contributed by atoms with Gasteiger partial charge >= 0.3 is 20.9 Å². The monoisotopic (exact) mass is 1860 g/mol. The van der Waals surface area contributed by atoms with Crippen LogP contribution in [-0.4, -0.2) is 20.9 Å². The molecule has 0 radical (unpaired) electrons. The van der Waals surface area contributed by atoms with Gasteiger partial charge in [0.2, 0.25) is 0 Å². The highest BCUT2D eigenvalue weighted by Gasteiger charge is 2.56. The van der Waals surface area contributed by atoms with Crippen molar-refractivity contribution in [3.63, 3.8) is 0 Å². The summed E-state index contributed by atoms with van der Waals surface area (Å²) in [5, 5.41) is 0. The van der Waals surface area contributed by atoms with E-state index in [-0.39, 0.29) is 20.9 Å². The SMILES string of the molecule is c1ccc(-c2c(-c3ccccc3)c(-c3ccccc3)c(-c3ccccc3)c(-c3ccccc3)c2-c2ccccc2)cc1.c1ccc(-c2ccc(-c3ccccc3)c(-c3ccccc3)c2-c2ccccc2)cc1.c1ccc(B2N(c3ccccc3)B(c3ccccc3)N(c3ccccc3)B(c3ccccc3)N2c2ccccc2)cc1.c1ccc2c(c1)CCc1ccccc1C2.c1ccc2c(c1)CCc1ccccc1CC2. The molecule has 2 aliphatic carbocycles. The van der Waals surface area contributed by atoms with Crippen molar-refractivity contribution in [1.29, 1.82) is 0 Å². The van der Waals surface area contributed by atoms with Gasteiger partial charge in [0, 0.05) is 17.1 Å². The Kier molecular flexibility index (Phi) is 29.9. The molecule has 0 aromatic heterocycles. The fourth-order valence-corrected chi connectivity index (χ4v) is 21.6. The van der Waals surface area contributed by atoms with Gasteiger partial charge in [-0.1, -0.05) is 558 Å². The Balaban J connectivity index is 0.000000112. The molecule has 1 saturated heterocycles. The molecule has 0 N–H and O–H groups in total. The molecule has 1 fully saturated rings. The van der Waals surface area contributed by atoms with Gasteiger partial charge in [0.1, 0.15) is 0 Å². The summed E-state index contributed by atoms with van der Waals surface area (Å²) in [7, 11) is 0. The van der Waals surface area contributed by atoms with E-state index in [1.54, 1.807) is 0 Å². The van der Waals surface area contributed by atoms with E-state index in [1.165, 1.54) is 211 Å². The Bertz CT molecular complexity index is 6910. The van der Waals surface area contributed by atoms with Gasteiger partial charge in [-0.05, 0) is 254 Å². The van der Waals surface area contributed by atoms with Crippen molar-refractivity contribution in [2.45, 2.75) is 44.9 Å². The molecule has 25 rings (SSSR count). The quantitative estimate of drug-likeness (QED) is 0.0893. The third-order valence-corrected chi connectivity index (χ3v) is 28.3. The Labute approximate surface area is 857 Å². The molecular formula is C139H112B3N3. The molecule has 0 bridgehead atoms. The average Bonchev–Trinajstić information content (AvgIpc) is 0.727. The number of hydrogen-bond donors (Lipinski definition) is 0. The molecule has 22 aromatic rings. The highest BCUT2D eigenvalue weighted by molar-refractivity contribution is 7.14. The van der Waals surface area contributed by atoms with Crippen LogP contribution in [-0.2, 0) is 44.9 Å². The minimum atomic E-state index is -0.105. The van der Waals surface area contributed by atoms with E-state index in [1.807, 2.05) is 0 Å². The van der Waals surface area contributed by atoms with Gasteiger partial charge in [0.25, 0.3) is 0 Å². The van der Waals surface area contributed by atoms with Crippen molar-refractivity contribution in [3.8, 4) is 111 Å². The van der Waals surface area contributed by atoms with E-state index < -0.39 is 0 Å². The maximum absolute atomic E-state index is 2.59. The van der Waals surface area contributed by atoms with Crippen LogP contribution in [0.2, 0.25) is 0 Å². The molecular weight excluding hydrogens is 1740 g/mol. The average molecular weight is 1860 g/mol. The van der Waals surface area contributed by atoms with E-state index in [0.717, 1.165) is 23.5 Å². The number of anilines is 3. The molecule has 0 atom stereocenters. The summed E-state index contributed by atoms with van der Waals surface area (Å²) in [6, 6.07) is 213. The van der Waals surface area contributed by atoms with Gasteiger partial charge in [0.15, 0.2) is 0 Å². The van der Waals surface area contributed by atoms with Crippen LogP contribution in [0.3, 0.4) is 0 Å². The van der Waals surface area contributed by atoms with E-state index in [4.69, 9.17) is 0 Å². The van der Waals surface area contributed by atoms with Crippen molar-refractivity contribution in [1.82, 2.24) is 0 Å². The summed E-state index contributed by atoms with van der Waals surface area (Å²) >= 11 is 0. The summed E-state index contributed by atoms with van der Waals surface area (Å²) in [6.45, 7) is -0.316. The summed E-state index contributed by atoms with van der Waals surface area (Å²) < 4.78 is 7.76. The van der Waals surface area contributed by atoms with E-state index in [2.05, 4.69) is 609 Å². The largest absolute Gasteiger partial charge is 0.416 e. The highest BCUT2D eigenvalue weighted by Crippen LogP contribution is 2.56. The first kappa shape index (κ1) is 93.7. The van der Waals surface area contributed by atoms with Gasteiger partial charge in [-0.3, -0.25) is 0 Å². The number of aryl methyl sites for hydroxylation is 6. The van der Waals surface area contributed by atoms with Crippen LogP contribution in [0, 0.1) is 0 Å². The lowest BCUT2D eigenvalue weighted by Gasteiger charge is -2.57. The molecule has 0 unspecified atom stereocenters. The fraction of sp³-hybridized carbons (Fsp3) is 0.0504. The Hall–Kier alpha value is -17.6. The summed E-state index contributed by atoms with van der Waals surface area (Å²) in [4.78, 5) is 0. The van der Waals surface area contributed by atoms with Crippen LogP contribution in [0.4, 0.5) is 17.1 Å². The fourth-order valence-electron chi connectivity index (χ4n) is 21.6. The van der Waals surface area contributed by atoms with E-state index in [9.17, 15) is 0 Å². The normalized spacial score (nSPS) is 12.3. The second-order valence-corrected chi connectivity index (χ2v) is 37.2. The van der Waals surface area contributed by atoms with Crippen molar-refractivity contribution in [2.75, 3.05) is 14.2 Å². The molecule has 1 aliphatic heterocycles. The lowest BCUT2D eigenvalue weighted by molar-refractivity contribution is 0.839. The van der Waals surface area contributed by atoms with Gasteiger partial charge in [-0.15, -0.1) is 0 Å². The van der Waals surface area contributed by atoms with Crippen LogP contribution in [0.15, 0.2) is 595 Å². The Morgan fingerprint density at radius 1 is 0.117 bits per heavy atom. The predicted octanol–water partition coefficient (Wildman–Crippen LogP) is 32.7. The van der Waals surface area contributed by atoms with Crippen LogP contribution in [0.5, 0.6) is 0 Å². The third kappa shape index (κ3) is 21.4. The smallest absolute Gasteiger partial charge is 0.388 e. The minimum absolute atomic E-state index is 0.105. The zero-order chi connectivity index (χ0) is 97.3. The van der Waals surface area contributed by atoms with Crippen LogP contribution in [0.25, 0.3) is 111 Å². The van der Waals surface area contributed by atoms with Gasteiger partial charge in [-0.2, -0.15) is 0 Å². The first-order chi connectivity index (χ1) is 72.1. The minimum Gasteiger partial charge on any atom is -0.416 e. The van der Waals surface area contributed by atoms with Crippen LogP contribution >= 0.6 is 0 Å². The first-order valence-electron chi connectivity index (χ1n) is 51.0. The van der Waals surface area contributed by atoms with Gasteiger partial charge in [-0.25, -0.2) is 0 Å². The number of fused-ring (bicyclic) bond motifs is 4. The van der Waals surface area contributed by atoms with Crippen molar-refractivity contribution >= 4 is 54.4 Å². The standard InChI is InChI=1S/C42H30.C36H30B3N3.C30H22.C16H16.C15H14/c1-7-19-31(20-8-1)37-38(32-21-9-2-10-22-32)40(34-25-13-4-14-26-34)42(36-29-17-6-18-30-36)41(35-27-15-5-16-28-35)39(37)33-23-11-3-12-24-33;1-7-19-31(20-8-1)37-40(34-25-13-4-14-26-34)38(32-21-9-2-10-22-32)42(36-29-17-6-18-30-36)39(33-23-11-3-12-24-33)41(37)35-27-15-5-16-28-35;1-5-13-23(14-6-1)27-21-22-28(24-15-7-2-8-16-24)30(26-19-11-4-12-20-26)29(27)25-17-9-3-10-18-25;1-2-6-14-11-12-16-8-4-3-7-15(16)10-9-13(14)5-1;1-3-7-14-11-15-8-4-2-6-13(15)10-9-12(14)5-1/h2*1-30H;1-22H;1-8H,9-12H2;1-8H,9-11H2. The summed E-state index contributed by atoms with van der Waals surface area (Å²) in [5.74, 6) is 0. The number of para-hydroxylation sites is 3. The van der Waals surface area contributed by atoms with Crippen LogP contribution in [0.1, 0.15) is 44.5 Å². The second-order valence-electron chi connectivity index (χ2n) is 37.2. The maximum atomic E-state index is 2.59. The molecule has 0 spiro atoms. The first-order valence-corrected chi connectivity index (χ1v) is 51.0. The highest BCUT2D eigenvalue weighted by atomic mass is 15.3. The van der Waals surface area contributed by atoms with Gasteiger partial charge < -0.3 is 14.2 Å². The zero-order valence-electron chi connectivity index (χ0n) is 81.6. The molecule has 6 heteroatoms. The zero-order valence-corrected chi connectivity index (χ0v) is 81.6. The number of nitrogens with zero attached hydrogens (tertiary/aromatic N) is 3. The topological polar surface area (TPSA) is 9.72 Å². The second kappa shape index (κ2) is 46.2. The molecule has 145 heavy (non-hydrogen) atoms. The van der Waals surface area contributed by atoms with Gasteiger partial charge in [0.05, 0.1) is 0 Å².